The molecule has 10 heteroatoms. The molecule has 2 aromatic rings. The van der Waals surface area contributed by atoms with E-state index in [2.05, 4.69) is 26.8 Å². The zero-order valence-electron chi connectivity index (χ0n) is 17.3. The summed E-state index contributed by atoms with van der Waals surface area (Å²) in [5.74, 6) is 0.399. The molecule has 168 valence electrons. The van der Waals surface area contributed by atoms with Gasteiger partial charge >= 0.3 is 0 Å². The van der Waals surface area contributed by atoms with E-state index in [1.165, 1.54) is 17.5 Å². The van der Waals surface area contributed by atoms with Gasteiger partial charge in [0, 0.05) is 43.7 Å². The Morgan fingerprint density at radius 2 is 2.06 bits per heavy atom. The summed E-state index contributed by atoms with van der Waals surface area (Å²) < 4.78 is 36.1. The molecule has 2 aliphatic rings. The molecule has 4 N–H and O–H groups in total. The number of methoxy groups -OCH3 is 1. The minimum absolute atomic E-state index is 0.0778. The second-order valence-corrected chi connectivity index (χ2v) is 9.65. The molecule has 1 fully saturated rings. The standard InChI is InChI=1S/C21H28N4O5S/c1-29-20-7-13-4-2-3-5-17(13)18(20)8-15-9-21(24-12-23-15)30-16-6-14(19(26)10-16)11-25-31(22,27)28/h2-5,9,12,14,16,18-20,25-26H,6-8,10-11H2,1H3,(H2,22,27,28)/t14-,16+,18+,19-,20-/m0/s1. The van der Waals surface area contributed by atoms with Gasteiger partial charge in [-0.3, -0.25) is 0 Å². The number of nitrogens with zero attached hydrogens (tertiary/aromatic N) is 2. The van der Waals surface area contributed by atoms with E-state index in [0.717, 1.165) is 12.1 Å². The monoisotopic (exact) mass is 448 g/mol. The molecule has 1 heterocycles. The minimum atomic E-state index is -3.79. The number of nitrogens with one attached hydrogen (secondary N) is 1. The van der Waals surface area contributed by atoms with Crippen LogP contribution in [0.1, 0.15) is 35.6 Å². The smallest absolute Gasteiger partial charge is 0.274 e. The Morgan fingerprint density at radius 3 is 2.84 bits per heavy atom. The molecule has 0 spiro atoms. The molecule has 0 radical (unpaired) electrons. The molecule has 0 amide bonds. The van der Waals surface area contributed by atoms with Gasteiger partial charge in [0.2, 0.25) is 5.88 Å². The Kier molecular flexibility index (Phi) is 6.54. The van der Waals surface area contributed by atoms with Crippen LogP contribution in [0.2, 0.25) is 0 Å². The number of nitrogens with two attached hydrogens (primary N) is 1. The van der Waals surface area contributed by atoms with Crippen LogP contribution in [0.3, 0.4) is 0 Å². The largest absolute Gasteiger partial charge is 0.474 e. The van der Waals surface area contributed by atoms with Crippen LogP contribution in [0.15, 0.2) is 36.7 Å². The van der Waals surface area contributed by atoms with E-state index in [4.69, 9.17) is 14.6 Å². The average Bonchev–Trinajstić information content (AvgIpc) is 3.26. The highest BCUT2D eigenvalue weighted by atomic mass is 32.2. The van der Waals surface area contributed by atoms with E-state index in [1.807, 2.05) is 18.2 Å². The van der Waals surface area contributed by atoms with Crippen LogP contribution in [-0.2, 0) is 27.8 Å². The Morgan fingerprint density at radius 1 is 1.26 bits per heavy atom. The van der Waals surface area contributed by atoms with Crippen LogP contribution < -0.4 is 14.6 Å². The third-order valence-electron chi connectivity index (χ3n) is 6.20. The zero-order chi connectivity index (χ0) is 22.0. The maximum atomic E-state index is 11.1. The lowest BCUT2D eigenvalue weighted by molar-refractivity contribution is 0.0886. The van der Waals surface area contributed by atoms with Crippen LogP contribution in [0.5, 0.6) is 5.88 Å². The van der Waals surface area contributed by atoms with Crippen LogP contribution in [0.25, 0.3) is 0 Å². The van der Waals surface area contributed by atoms with Gasteiger partial charge in [-0.1, -0.05) is 24.3 Å². The second-order valence-electron chi connectivity index (χ2n) is 8.27. The summed E-state index contributed by atoms with van der Waals surface area (Å²) >= 11 is 0. The minimum Gasteiger partial charge on any atom is -0.474 e. The first-order chi connectivity index (χ1) is 14.8. The van der Waals surface area contributed by atoms with Crippen molar-refractivity contribution in [2.24, 2.45) is 11.1 Å². The SMILES string of the molecule is CO[C@H]1Cc2ccccc2[C@H]1Cc1cc(O[C@@H]2C[C@@H](CNS(N)(=O)=O)[C@@H](O)C2)ncn1. The molecule has 5 atom stereocenters. The highest BCUT2D eigenvalue weighted by Crippen LogP contribution is 2.37. The Bertz CT molecular complexity index is 1020. The van der Waals surface area contributed by atoms with Gasteiger partial charge in [-0.2, -0.15) is 8.42 Å². The van der Waals surface area contributed by atoms with E-state index in [9.17, 15) is 13.5 Å². The van der Waals surface area contributed by atoms with Gasteiger partial charge in [0.25, 0.3) is 10.2 Å². The summed E-state index contributed by atoms with van der Waals surface area (Å²) in [6.45, 7) is 0.0778. The van der Waals surface area contributed by atoms with Crippen molar-refractivity contribution >= 4 is 10.2 Å². The number of hydrogen-bond acceptors (Lipinski definition) is 7. The van der Waals surface area contributed by atoms with Crippen LogP contribution in [0.4, 0.5) is 0 Å². The van der Waals surface area contributed by atoms with Gasteiger partial charge in [0.1, 0.15) is 12.4 Å². The van der Waals surface area contributed by atoms with Crippen molar-refractivity contribution in [2.75, 3.05) is 13.7 Å². The molecule has 9 nitrogen and oxygen atoms in total. The van der Waals surface area contributed by atoms with Gasteiger partial charge in [-0.15, -0.1) is 0 Å². The Labute approximate surface area is 182 Å². The molecule has 4 rings (SSSR count). The number of aliphatic hydroxyl groups is 1. The van der Waals surface area contributed by atoms with Crippen molar-refractivity contribution in [1.29, 1.82) is 0 Å². The normalized spacial score (nSPS) is 27.9. The highest BCUT2D eigenvalue weighted by Gasteiger charge is 2.35. The van der Waals surface area contributed by atoms with Crippen LogP contribution in [0, 0.1) is 5.92 Å². The molecule has 0 unspecified atom stereocenters. The first-order valence-corrected chi connectivity index (χ1v) is 11.9. The number of benzene rings is 1. The molecule has 1 aromatic heterocycles. The maximum absolute atomic E-state index is 11.1. The highest BCUT2D eigenvalue weighted by molar-refractivity contribution is 7.87. The van der Waals surface area contributed by atoms with E-state index in [0.29, 0.717) is 25.1 Å². The lowest BCUT2D eigenvalue weighted by Gasteiger charge is -2.19. The van der Waals surface area contributed by atoms with E-state index >= 15 is 0 Å². The predicted molar refractivity (Wildman–Crippen MR) is 114 cm³/mol. The number of rotatable bonds is 8. The lowest BCUT2D eigenvalue weighted by atomic mass is 9.94. The quantitative estimate of drug-likeness (QED) is 0.540. The van der Waals surface area contributed by atoms with Gasteiger partial charge in [0.05, 0.1) is 12.2 Å². The Balaban J connectivity index is 1.40. The van der Waals surface area contributed by atoms with Crippen molar-refractivity contribution in [2.45, 2.75) is 49.9 Å². The zero-order valence-corrected chi connectivity index (χ0v) is 18.2. The molecule has 31 heavy (non-hydrogen) atoms. The lowest BCUT2D eigenvalue weighted by Crippen LogP contribution is -2.36. The fourth-order valence-corrected chi connectivity index (χ4v) is 5.12. The van der Waals surface area contributed by atoms with Crippen LogP contribution in [-0.4, -0.2) is 55.5 Å². The van der Waals surface area contributed by atoms with Crippen LogP contribution >= 0.6 is 0 Å². The van der Waals surface area contributed by atoms with E-state index in [-0.39, 0.29) is 30.6 Å². The number of aliphatic hydroxyl groups excluding tert-OH is 1. The third-order valence-corrected chi connectivity index (χ3v) is 6.77. The molecule has 0 saturated heterocycles. The summed E-state index contributed by atoms with van der Waals surface area (Å²) in [6, 6.07) is 10.2. The van der Waals surface area contributed by atoms with Gasteiger partial charge in [0.15, 0.2) is 0 Å². The molecule has 0 aliphatic heterocycles. The first kappa shape index (κ1) is 22.1. The van der Waals surface area contributed by atoms with Crippen molar-refractivity contribution < 1.29 is 23.0 Å². The van der Waals surface area contributed by atoms with Gasteiger partial charge in [-0.25, -0.2) is 19.8 Å². The summed E-state index contributed by atoms with van der Waals surface area (Å²) in [4.78, 5) is 8.64. The number of aromatic nitrogens is 2. The molecule has 2 aliphatic carbocycles. The van der Waals surface area contributed by atoms with E-state index < -0.39 is 16.3 Å². The molecule has 0 bridgehead atoms. The van der Waals surface area contributed by atoms with Crippen molar-refractivity contribution in [3.8, 4) is 5.88 Å². The first-order valence-electron chi connectivity index (χ1n) is 10.4. The molecular formula is C21H28N4O5S. The summed E-state index contributed by atoms with van der Waals surface area (Å²) in [5, 5.41) is 15.2. The molecule has 1 saturated carbocycles. The van der Waals surface area contributed by atoms with Crippen molar-refractivity contribution in [1.82, 2.24) is 14.7 Å². The second kappa shape index (κ2) is 9.17. The number of ether oxygens (including phenoxy) is 2. The third kappa shape index (κ3) is 5.39. The van der Waals surface area contributed by atoms with Gasteiger partial charge in [-0.05, 0) is 30.4 Å². The van der Waals surface area contributed by atoms with Crippen molar-refractivity contribution in [3.63, 3.8) is 0 Å². The van der Waals surface area contributed by atoms with Crippen molar-refractivity contribution in [3.05, 3.63) is 53.5 Å². The fourth-order valence-electron chi connectivity index (χ4n) is 4.67. The summed E-state index contributed by atoms with van der Waals surface area (Å²) in [6.07, 6.45) is 3.17. The molecule has 1 aromatic carbocycles. The summed E-state index contributed by atoms with van der Waals surface area (Å²) in [7, 11) is -2.05. The number of fused-ring (bicyclic) bond motifs is 1. The average molecular weight is 449 g/mol. The maximum Gasteiger partial charge on any atom is 0.274 e. The number of hydrogen-bond donors (Lipinski definition) is 3. The topological polar surface area (TPSA) is 137 Å². The summed E-state index contributed by atoms with van der Waals surface area (Å²) in [5.41, 5.74) is 3.46. The van der Waals surface area contributed by atoms with Gasteiger partial charge < -0.3 is 14.6 Å². The van der Waals surface area contributed by atoms with E-state index in [1.54, 1.807) is 7.11 Å². The molecular weight excluding hydrogens is 420 g/mol. The predicted octanol–water partition coefficient (Wildman–Crippen LogP) is 0.685. The Hall–Kier alpha value is -2.11. The fraction of sp³-hybridized carbons (Fsp3) is 0.524.